The van der Waals surface area contributed by atoms with Gasteiger partial charge in [0, 0.05) is 87.0 Å². The number of hydrogen-bond acceptors (Lipinski definition) is 14. The van der Waals surface area contributed by atoms with E-state index in [9.17, 15) is 38.2 Å². The zero-order valence-corrected chi connectivity index (χ0v) is 50.2. The average molecular weight is 1210 g/mol. The molecule has 0 fully saturated rings. The van der Waals surface area contributed by atoms with Crippen molar-refractivity contribution in [3.63, 3.8) is 0 Å². The van der Waals surface area contributed by atoms with Crippen LogP contribution in [0, 0.1) is 20.2 Å². The molecule has 18 nitrogen and oxygen atoms in total. The van der Waals surface area contributed by atoms with Crippen molar-refractivity contribution in [3.05, 3.63) is 259 Å². The van der Waals surface area contributed by atoms with Gasteiger partial charge in [0.25, 0.3) is 23.2 Å². The summed E-state index contributed by atoms with van der Waals surface area (Å²) in [5.41, 5.74) is 8.32. The molecule has 0 radical (unpaired) electrons. The molecule has 0 aliphatic carbocycles. The Morgan fingerprint density at radius 3 is 1.31 bits per heavy atom. The quantitative estimate of drug-likeness (QED) is 0.0284. The van der Waals surface area contributed by atoms with Crippen LogP contribution < -0.4 is 30.1 Å². The van der Waals surface area contributed by atoms with Crippen molar-refractivity contribution in [1.82, 2.24) is 0 Å². The van der Waals surface area contributed by atoms with E-state index in [1.54, 1.807) is 42.5 Å². The average Bonchev–Trinajstić information content (AvgIpc) is 1.61. The third kappa shape index (κ3) is 10.6. The second kappa shape index (κ2) is 23.1. The van der Waals surface area contributed by atoms with Crippen LogP contribution in [-0.4, -0.2) is 54.6 Å². The molecule has 442 valence electrons. The molecule has 0 atom stereocenters. The molecule has 0 spiro atoms. The number of carbonyl (C=O) groups is 2. The number of non-ortho nitro benzene ring substituents is 2. The van der Waals surface area contributed by atoms with E-state index in [-0.39, 0.29) is 33.5 Å². The summed E-state index contributed by atoms with van der Waals surface area (Å²) in [4.78, 5) is 57.0. The predicted octanol–water partition coefficient (Wildman–Crippen LogP) is 13.4. The number of nitro benzene ring substituents is 2. The lowest BCUT2D eigenvalue weighted by Crippen LogP contribution is -2.28. The van der Waals surface area contributed by atoms with Gasteiger partial charge in [0.05, 0.1) is 37.3 Å². The summed E-state index contributed by atoms with van der Waals surface area (Å²) < 4.78 is 24.3. The number of unbranched alkanes of at least 4 members (excludes halogenated alkanes) is 3. The molecule has 4 heterocycles. The standard InChI is InChI=1S/C68H60N10O8S2/c1-67(2)59(39-35-55-63(45-17-23-49(24-18-45)77(81)82)71-75(65(55)79)47-27-31-51(87-69)32-28-47)73(57-37-21-43-13-7-9-15-53(43)61(57)67)41-11-5-6-12-42-74-58-38-22-44-14-8-10-16-54(44)62(58)68(3,4)60(74)40-36-56-64(46-19-25-50(26-20-46)78(83)84)72-76(66(56)80)48-29-33-52(34-30-48)88(70,85)86/h7-10,13-40H,5-6,11-12,41-42,69H2,1-4H3,(H2,70,85,86)/b55-35-,56-36-,59-39+,60-40+. The number of rotatable bonds is 17. The maximum absolute atomic E-state index is 14.6. The van der Waals surface area contributed by atoms with Gasteiger partial charge in [0.15, 0.2) is 0 Å². The lowest BCUT2D eigenvalue weighted by Gasteiger charge is -2.28. The van der Waals surface area contributed by atoms with Gasteiger partial charge in [-0.05, 0) is 167 Å². The van der Waals surface area contributed by atoms with E-state index in [2.05, 4.69) is 92.1 Å². The fourth-order valence-corrected chi connectivity index (χ4v) is 13.4. The molecular formula is C68H60N10O8S2. The van der Waals surface area contributed by atoms with Crippen molar-refractivity contribution in [1.29, 1.82) is 0 Å². The first-order valence-electron chi connectivity index (χ1n) is 28.7. The second-order valence-electron chi connectivity index (χ2n) is 23.0. The van der Waals surface area contributed by atoms with Crippen LogP contribution in [-0.2, 0) is 30.4 Å². The first-order chi connectivity index (χ1) is 42.2. The van der Waals surface area contributed by atoms with Crippen molar-refractivity contribution in [3.8, 4) is 0 Å². The summed E-state index contributed by atoms with van der Waals surface area (Å²) >= 11 is 1.10. The molecule has 88 heavy (non-hydrogen) atoms. The number of anilines is 4. The van der Waals surface area contributed by atoms with Gasteiger partial charge in [-0.2, -0.15) is 20.2 Å². The Bertz CT molecular complexity index is 4520. The SMILES string of the molecule is CC1(C)/C(=C\C=C2/C(=O)N(c3ccc(SN)cc3)N=C2c2ccc([N+](=O)[O-])cc2)N(CCCCCCN2/C(=C/C=C3\C(=O)N(c4ccc(S(N)(=O)=O)cc4)N=C3c3ccc([N+](=O)[O-])cc3)C(C)(C)c3c2ccc2ccccc32)c2ccc3ccccc3c21. The second-order valence-corrected chi connectivity index (χ2v) is 25.3. The van der Waals surface area contributed by atoms with Crippen LogP contribution in [0.25, 0.3) is 21.5 Å². The van der Waals surface area contributed by atoms with Crippen molar-refractivity contribution in [2.45, 2.75) is 74.0 Å². The number of primary sulfonamides is 1. The highest BCUT2D eigenvalue weighted by atomic mass is 32.2. The minimum absolute atomic E-state index is 0.0757. The largest absolute Gasteiger partial charge is 0.344 e. The molecule has 8 aromatic carbocycles. The van der Waals surface area contributed by atoms with Gasteiger partial charge in [-0.25, -0.2) is 13.6 Å². The predicted molar refractivity (Wildman–Crippen MR) is 348 cm³/mol. The van der Waals surface area contributed by atoms with Gasteiger partial charge in [0.2, 0.25) is 10.0 Å². The van der Waals surface area contributed by atoms with E-state index in [0.29, 0.717) is 46.9 Å². The number of benzene rings is 8. The number of amides is 2. The summed E-state index contributed by atoms with van der Waals surface area (Å²) in [6.45, 7) is 10.1. The summed E-state index contributed by atoms with van der Waals surface area (Å²) in [6.07, 6.45) is 11.1. The summed E-state index contributed by atoms with van der Waals surface area (Å²) in [7, 11) is -4.02. The molecule has 0 aromatic heterocycles. The van der Waals surface area contributed by atoms with Crippen molar-refractivity contribution < 1.29 is 27.9 Å². The minimum Gasteiger partial charge on any atom is -0.344 e. The van der Waals surface area contributed by atoms with Gasteiger partial charge in [-0.1, -0.05) is 101 Å². The van der Waals surface area contributed by atoms with Crippen LogP contribution in [0.1, 0.15) is 75.6 Å². The summed E-state index contributed by atoms with van der Waals surface area (Å²) in [5.74, 6) is -0.822. The third-order valence-electron chi connectivity index (χ3n) is 16.9. The Hall–Kier alpha value is -9.86. The van der Waals surface area contributed by atoms with Crippen LogP contribution >= 0.6 is 11.9 Å². The van der Waals surface area contributed by atoms with E-state index in [1.165, 1.54) is 64.1 Å². The van der Waals surface area contributed by atoms with Crippen molar-refractivity contribution in [2.75, 3.05) is 32.9 Å². The summed E-state index contributed by atoms with van der Waals surface area (Å²) in [5, 5.41) is 51.2. The van der Waals surface area contributed by atoms with Gasteiger partial charge in [-0.3, -0.25) is 35.0 Å². The number of hydrazone groups is 2. The number of carbonyl (C=O) groups excluding carboxylic acids is 2. The number of allylic oxidation sites excluding steroid dienone is 6. The van der Waals surface area contributed by atoms with E-state index >= 15 is 0 Å². The van der Waals surface area contributed by atoms with E-state index in [1.807, 2.05) is 48.6 Å². The van der Waals surface area contributed by atoms with Crippen LogP contribution in [0.4, 0.5) is 34.1 Å². The van der Waals surface area contributed by atoms with Crippen LogP contribution in [0.15, 0.2) is 237 Å². The molecule has 8 aromatic rings. The zero-order valence-electron chi connectivity index (χ0n) is 48.5. The lowest BCUT2D eigenvalue weighted by molar-refractivity contribution is -0.385. The lowest BCUT2D eigenvalue weighted by atomic mass is 9.81. The van der Waals surface area contributed by atoms with Crippen LogP contribution in [0.3, 0.4) is 0 Å². The molecule has 20 heteroatoms. The minimum atomic E-state index is -4.02. The normalized spacial score (nSPS) is 17.9. The number of nitro groups is 2. The maximum atomic E-state index is 14.6. The van der Waals surface area contributed by atoms with Gasteiger partial charge < -0.3 is 9.80 Å². The monoisotopic (exact) mass is 1210 g/mol. The highest BCUT2D eigenvalue weighted by Gasteiger charge is 2.43. The Balaban J connectivity index is 0.841. The molecule has 4 N–H and O–H groups in total. The Morgan fingerprint density at radius 1 is 0.523 bits per heavy atom. The smallest absolute Gasteiger partial charge is 0.281 e. The van der Waals surface area contributed by atoms with Gasteiger partial charge in [-0.15, -0.1) is 0 Å². The topological polar surface area (TPSA) is 244 Å². The number of hydrogen-bond donors (Lipinski definition) is 2. The zero-order chi connectivity index (χ0) is 61.8. The van der Waals surface area contributed by atoms with Crippen molar-refractivity contribution in [2.24, 2.45) is 20.5 Å². The molecule has 12 rings (SSSR count). The molecule has 0 saturated heterocycles. The number of nitrogens with zero attached hydrogens (tertiary/aromatic N) is 8. The van der Waals surface area contributed by atoms with Gasteiger partial charge >= 0.3 is 0 Å². The maximum Gasteiger partial charge on any atom is 0.281 e. The third-order valence-corrected chi connectivity index (χ3v) is 18.4. The first-order valence-corrected chi connectivity index (χ1v) is 31.1. The molecule has 0 bridgehead atoms. The van der Waals surface area contributed by atoms with Crippen LogP contribution in [0.5, 0.6) is 0 Å². The number of fused-ring (bicyclic) bond motifs is 6. The summed E-state index contributed by atoms with van der Waals surface area (Å²) in [6, 6.07) is 50.0. The van der Waals surface area contributed by atoms with E-state index in [0.717, 1.165) is 92.4 Å². The van der Waals surface area contributed by atoms with E-state index < -0.39 is 36.6 Å². The fraction of sp³-hybridized carbons (Fsp3) is 0.176. The van der Waals surface area contributed by atoms with Gasteiger partial charge in [0.1, 0.15) is 11.4 Å². The molecule has 4 aliphatic heterocycles. The number of nitrogens with two attached hydrogens (primary N) is 2. The molecular weight excluding hydrogens is 1150 g/mol. The highest BCUT2D eigenvalue weighted by molar-refractivity contribution is 7.97. The highest BCUT2D eigenvalue weighted by Crippen LogP contribution is 2.53. The van der Waals surface area contributed by atoms with E-state index in [4.69, 9.17) is 20.5 Å². The first kappa shape index (κ1) is 58.5. The van der Waals surface area contributed by atoms with Crippen LogP contribution in [0.2, 0.25) is 0 Å². The van der Waals surface area contributed by atoms with Crippen molar-refractivity contribution >= 4 is 101 Å². The Kier molecular flexibility index (Phi) is 15.4. The fourth-order valence-electron chi connectivity index (χ4n) is 12.6. The molecule has 0 saturated carbocycles. The Labute approximate surface area is 512 Å². The molecule has 4 aliphatic rings. The molecule has 0 unspecified atom stereocenters. The number of sulfonamides is 1. The molecule has 2 amide bonds. The Morgan fingerprint density at radius 2 is 0.920 bits per heavy atom.